The molecule has 1 aromatic carbocycles. The van der Waals surface area contributed by atoms with E-state index in [1.165, 1.54) is 0 Å². The van der Waals surface area contributed by atoms with Crippen molar-refractivity contribution in [3.05, 3.63) is 39.2 Å². The smallest absolute Gasteiger partial charge is 0.0836 e. The number of rotatable bonds is 1. The van der Waals surface area contributed by atoms with Crippen molar-refractivity contribution < 1.29 is 0 Å². The van der Waals surface area contributed by atoms with Crippen LogP contribution in [0.1, 0.15) is 0 Å². The molecule has 0 bridgehead atoms. The van der Waals surface area contributed by atoms with Crippen molar-refractivity contribution in [3.63, 3.8) is 0 Å². The van der Waals surface area contributed by atoms with E-state index in [-0.39, 0.29) is 0 Å². The summed E-state index contributed by atoms with van der Waals surface area (Å²) in [5.74, 6) is 0. The van der Waals surface area contributed by atoms with Gasteiger partial charge in [0.05, 0.1) is 0 Å². The van der Waals surface area contributed by atoms with Gasteiger partial charge in [0.1, 0.15) is 3.82 Å². The Morgan fingerprint density at radius 1 is 1.15 bits per heavy atom. The zero-order valence-corrected chi connectivity index (χ0v) is 9.69. The summed E-state index contributed by atoms with van der Waals surface area (Å²) in [6.45, 7) is 0. The average molecular weight is 245 g/mol. The molecule has 0 atom stereocenters. The molecule has 0 aliphatic heterocycles. The third-order valence-corrected chi connectivity index (χ3v) is 4.83. The molecular weight excluding hydrogens is 240 g/mol. The Balaban J connectivity index is 2.58. The van der Waals surface area contributed by atoms with Crippen LogP contribution in [-0.2, 0) is 0 Å². The van der Waals surface area contributed by atoms with Crippen LogP contribution in [0.3, 0.4) is 0 Å². The first-order valence-corrected chi connectivity index (χ1v) is 6.56. The minimum Gasteiger partial charge on any atom is -0.0836 e. The van der Waals surface area contributed by atoms with Gasteiger partial charge in [-0.2, -0.15) is 0 Å². The van der Waals surface area contributed by atoms with E-state index < -0.39 is 0 Å². The lowest BCUT2D eigenvalue weighted by Crippen LogP contribution is -1.72. The van der Waals surface area contributed by atoms with Gasteiger partial charge >= 0.3 is 0 Å². The van der Waals surface area contributed by atoms with Crippen LogP contribution in [0, 0.1) is 3.82 Å². The van der Waals surface area contributed by atoms with E-state index >= 15 is 0 Å². The molecule has 1 heterocycles. The van der Waals surface area contributed by atoms with Crippen LogP contribution in [0.15, 0.2) is 30.3 Å². The Morgan fingerprint density at radius 2 is 1.92 bits per heavy atom. The third kappa shape index (κ3) is 1.99. The molecule has 0 saturated carbocycles. The van der Waals surface area contributed by atoms with E-state index in [0.29, 0.717) is 0 Å². The molecule has 0 saturated heterocycles. The van der Waals surface area contributed by atoms with Crippen molar-refractivity contribution in [1.82, 2.24) is 0 Å². The average Bonchev–Trinajstić information content (AvgIpc) is 2.53. The summed E-state index contributed by atoms with van der Waals surface area (Å²) in [4.78, 5) is 1.15. The third-order valence-electron chi connectivity index (χ3n) is 1.60. The Kier molecular flexibility index (Phi) is 2.79. The maximum atomic E-state index is 6.05. The summed E-state index contributed by atoms with van der Waals surface area (Å²) in [7, 11) is 3.28. The SMILES string of the molecule is S=c1cc(-c2ccccc2Cl)ss1. The minimum atomic E-state index is 0.784. The first-order valence-electron chi connectivity index (χ1n) is 3.62. The van der Waals surface area contributed by atoms with Crippen molar-refractivity contribution in [3.8, 4) is 10.4 Å². The number of hydrogen-bond acceptors (Lipinski definition) is 3. The zero-order chi connectivity index (χ0) is 9.26. The number of halogens is 1. The zero-order valence-electron chi connectivity index (χ0n) is 6.49. The molecule has 0 nitrogen and oxygen atoms in total. The lowest BCUT2D eigenvalue weighted by atomic mass is 10.2. The number of benzene rings is 1. The Morgan fingerprint density at radius 3 is 2.54 bits per heavy atom. The molecule has 13 heavy (non-hydrogen) atoms. The predicted molar refractivity (Wildman–Crippen MR) is 63.5 cm³/mol. The lowest BCUT2D eigenvalue weighted by Gasteiger charge is -1.97. The van der Waals surface area contributed by atoms with Gasteiger partial charge in [-0.1, -0.05) is 62.7 Å². The molecule has 2 rings (SSSR count). The van der Waals surface area contributed by atoms with E-state index in [1.807, 2.05) is 30.3 Å². The normalized spacial score (nSPS) is 10.2. The van der Waals surface area contributed by atoms with Gasteiger partial charge in [0.25, 0.3) is 0 Å². The summed E-state index contributed by atoms with van der Waals surface area (Å²) in [5, 5.41) is 0.784. The van der Waals surface area contributed by atoms with Gasteiger partial charge in [0.2, 0.25) is 0 Å². The fourth-order valence-corrected chi connectivity index (χ4v) is 3.74. The van der Waals surface area contributed by atoms with Gasteiger partial charge in [-0.05, 0) is 12.1 Å². The molecule has 0 aliphatic rings. The summed E-state index contributed by atoms with van der Waals surface area (Å²) in [6.07, 6.45) is 0. The fraction of sp³-hybridized carbons (Fsp3) is 0. The maximum Gasteiger partial charge on any atom is 0.102 e. The molecule has 4 heteroatoms. The monoisotopic (exact) mass is 244 g/mol. The highest BCUT2D eigenvalue weighted by Gasteiger charge is 2.03. The summed E-state index contributed by atoms with van der Waals surface area (Å²) >= 11 is 11.1. The van der Waals surface area contributed by atoms with Gasteiger partial charge in [0, 0.05) is 15.5 Å². The Labute approximate surface area is 93.8 Å². The van der Waals surface area contributed by atoms with Crippen LogP contribution in [0.4, 0.5) is 0 Å². The molecule has 2 aromatic rings. The molecular formula is C9H5ClS3. The fourth-order valence-electron chi connectivity index (χ4n) is 1.02. The summed E-state index contributed by atoms with van der Waals surface area (Å²) < 4.78 is 0.917. The first-order chi connectivity index (χ1) is 6.27. The van der Waals surface area contributed by atoms with Crippen molar-refractivity contribution in [2.45, 2.75) is 0 Å². The Hall–Kier alpha value is -0.220. The highest BCUT2D eigenvalue weighted by Crippen LogP contribution is 2.33. The molecule has 66 valence electrons. The second-order valence-electron chi connectivity index (χ2n) is 2.47. The van der Waals surface area contributed by atoms with E-state index in [0.717, 1.165) is 19.3 Å². The standard InChI is InChI=1S/C9H5ClS3/c10-7-4-2-1-3-6(7)8-5-9(11)13-12-8/h1-5H. The van der Waals surface area contributed by atoms with Crippen LogP contribution in [0.25, 0.3) is 10.4 Å². The van der Waals surface area contributed by atoms with Crippen molar-refractivity contribution in [1.29, 1.82) is 0 Å². The topological polar surface area (TPSA) is 0 Å². The second kappa shape index (κ2) is 3.88. The first kappa shape index (κ1) is 9.34. The van der Waals surface area contributed by atoms with Crippen LogP contribution < -0.4 is 0 Å². The van der Waals surface area contributed by atoms with E-state index in [9.17, 15) is 0 Å². The van der Waals surface area contributed by atoms with Gasteiger partial charge in [-0.3, -0.25) is 0 Å². The van der Waals surface area contributed by atoms with E-state index in [4.69, 9.17) is 23.8 Å². The molecule has 0 aliphatic carbocycles. The second-order valence-corrected chi connectivity index (χ2v) is 5.79. The molecule has 0 fully saturated rings. The molecule has 0 radical (unpaired) electrons. The molecule has 0 N–H and O–H groups in total. The van der Waals surface area contributed by atoms with Crippen LogP contribution in [0.2, 0.25) is 5.02 Å². The summed E-state index contributed by atoms with van der Waals surface area (Å²) in [5.41, 5.74) is 1.07. The highest BCUT2D eigenvalue weighted by molar-refractivity contribution is 7.80. The minimum absolute atomic E-state index is 0.784. The predicted octanol–water partition coefficient (Wildman–Crippen LogP) is 4.86. The molecule has 1 aromatic heterocycles. The molecule has 0 amide bonds. The van der Waals surface area contributed by atoms with Crippen molar-refractivity contribution >= 4 is 44.5 Å². The van der Waals surface area contributed by atoms with E-state index in [2.05, 4.69) is 0 Å². The van der Waals surface area contributed by atoms with Gasteiger partial charge in [0.15, 0.2) is 0 Å². The van der Waals surface area contributed by atoms with E-state index in [1.54, 1.807) is 20.7 Å². The van der Waals surface area contributed by atoms with Gasteiger partial charge in [-0.25, -0.2) is 0 Å². The molecule has 0 unspecified atom stereocenters. The quantitative estimate of drug-likeness (QED) is 0.510. The van der Waals surface area contributed by atoms with Gasteiger partial charge < -0.3 is 0 Å². The van der Waals surface area contributed by atoms with Gasteiger partial charge in [-0.15, -0.1) is 0 Å². The van der Waals surface area contributed by atoms with Crippen molar-refractivity contribution in [2.75, 3.05) is 0 Å². The van der Waals surface area contributed by atoms with Crippen LogP contribution >= 0.6 is 44.5 Å². The summed E-state index contributed by atoms with van der Waals surface area (Å²) in [6, 6.07) is 9.80. The maximum absolute atomic E-state index is 6.05. The number of hydrogen-bond donors (Lipinski definition) is 0. The Bertz CT molecular complexity index is 469. The largest absolute Gasteiger partial charge is 0.102 e. The molecule has 0 spiro atoms. The van der Waals surface area contributed by atoms with Crippen LogP contribution in [-0.4, -0.2) is 0 Å². The lowest BCUT2D eigenvalue weighted by molar-refractivity contribution is 1.69. The van der Waals surface area contributed by atoms with Crippen LogP contribution in [0.5, 0.6) is 0 Å². The van der Waals surface area contributed by atoms with Crippen molar-refractivity contribution in [2.24, 2.45) is 0 Å². The highest BCUT2D eigenvalue weighted by atomic mass is 35.5.